The van der Waals surface area contributed by atoms with Crippen LogP contribution in [0.15, 0.2) is 42.5 Å². The summed E-state index contributed by atoms with van der Waals surface area (Å²) in [5, 5.41) is 14.5. The number of carbonyl (C=O) groups is 3. The van der Waals surface area contributed by atoms with Gasteiger partial charge >= 0.3 is 0 Å². The van der Waals surface area contributed by atoms with E-state index in [1.807, 2.05) is 59.8 Å². The second-order valence-electron chi connectivity index (χ2n) is 11.9. The third-order valence-electron chi connectivity index (χ3n) is 8.71. The minimum Gasteiger partial charge on any atom is -0.493 e. The van der Waals surface area contributed by atoms with Gasteiger partial charge in [0.15, 0.2) is 23.0 Å². The summed E-state index contributed by atoms with van der Waals surface area (Å²) in [6.07, 6.45) is 1.00. The molecule has 3 aromatic rings. The molecule has 0 spiro atoms. The summed E-state index contributed by atoms with van der Waals surface area (Å²) in [5.41, 5.74) is 4.12. The first-order valence-electron chi connectivity index (χ1n) is 15.9. The van der Waals surface area contributed by atoms with Gasteiger partial charge in [-0.15, -0.1) is 0 Å². The van der Waals surface area contributed by atoms with Crippen LogP contribution in [-0.2, 0) is 27.5 Å². The Morgan fingerprint density at radius 1 is 1.04 bits per heavy atom. The minimum atomic E-state index is -0.250. The van der Waals surface area contributed by atoms with Gasteiger partial charge in [0.25, 0.3) is 6.47 Å². The number of aromatic nitrogens is 2. The van der Waals surface area contributed by atoms with Gasteiger partial charge in [0.05, 0.1) is 25.3 Å². The van der Waals surface area contributed by atoms with Gasteiger partial charge in [-0.25, -0.2) is 0 Å². The number of fused-ring (bicyclic) bond motifs is 5. The zero-order valence-electron chi connectivity index (χ0n) is 27.1. The van der Waals surface area contributed by atoms with Crippen LogP contribution in [0.3, 0.4) is 0 Å². The van der Waals surface area contributed by atoms with Crippen LogP contribution < -0.4 is 24.3 Å². The molecular formula is C34H43N5O8. The van der Waals surface area contributed by atoms with Crippen LogP contribution in [-0.4, -0.2) is 96.2 Å². The number of rotatable bonds is 6. The van der Waals surface area contributed by atoms with Crippen LogP contribution in [0.25, 0.3) is 0 Å². The number of hydrogen-bond acceptors (Lipinski definition) is 9. The van der Waals surface area contributed by atoms with Crippen molar-refractivity contribution in [3.05, 3.63) is 65.0 Å². The number of likely N-dealkylation sites (tertiary alicyclic amines) is 1. The first-order valence-corrected chi connectivity index (χ1v) is 15.9. The fourth-order valence-corrected chi connectivity index (χ4v) is 6.45. The lowest BCUT2D eigenvalue weighted by atomic mass is 9.88. The van der Waals surface area contributed by atoms with E-state index in [1.165, 1.54) is 0 Å². The molecule has 13 nitrogen and oxygen atoms in total. The SMILES string of the molecule is COc1ccc2cc1OCCN(C(=O)CCn1nc(C)cc1C)CCCNC(=O)[C@H]1CN(Cc3ccc4c(c3)OCO4)C[C@H]21.O=CO. The maximum atomic E-state index is 13.6. The normalized spacial score (nSPS) is 19.4. The Morgan fingerprint density at radius 2 is 1.83 bits per heavy atom. The van der Waals surface area contributed by atoms with Gasteiger partial charge in [0, 0.05) is 57.3 Å². The summed E-state index contributed by atoms with van der Waals surface area (Å²) in [4.78, 5) is 39.4. The zero-order chi connectivity index (χ0) is 33.3. The topological polar surface area (TPSA) is 145 Å². The highest BCUT2D eigenvalue weighted by Crippen LogP contribution is 2.39. The maximum Gasteiger partial charge on any atom is 0.290 e. The lowest BCUT2D eigenvalue weighted by molar-refractivity contribution is -0.132. The highest BCUT2D eigenvalue weighted by Gasteiger charge is 2.39. The average molecular weight is 650 g/mol. The summed E-state index contributed by atoms with van der Waals surface area (Å²) >= 11 is 0. The number of nitrogens with zero attached hydrogens (tertiary/aromatic N) is 4. The van der Waals surface area contributed by atoms with Gasteiger partial charge in [-0.1, -0.05) is 12.1 Å². The first kappa shape index (κ1) is 33.6. The van der Waals surface area contributed by atoms with E-state index >= 15 is 0 Å². The van der Waals surface area contributed by atoms with Crippen molar-refractivity contribution in [3.63, 3.8) is 0 Å². The van der Waals surface area contributed by atoms with Crippen LogP contribution in [0.2, 0.25) is 0 Å². The van der Waals surface area contributed by atoms with E-state index in [1.54, 1.807) is 7.11 Å². The molecule has 2 atom stereocenters. The van der Waals surface area contributed by atoms with Gasteiger partial charge in [0.1, 0.15) is 6.61 Å². The summed E-state index contributed by atoms with van der Waals surface area (Å²) in [7, 11) is 1.62. The quantitative estimate of drug-likeness (QED) is 0.383. The molecule has 2 aromatic carbocycles. The molecule has 1 fully saturated rings. The molecule has 2 bridgehead atoms. The molecule has 4 heterocycles. The molecule has 3 aliphatic rings. The van der Waals surface area contributed by atoms with E-state index in [9.17, 15) is 9.59 Å². The van der Waals surface area contributed by atoms with Crippen molar-refractivity contribution in [2.24, 2.45) is 5.92 Å². The van der Waals surface area contributed by atoms with E-state index in [0.717, 1.165) is 40.6 Å². The summed E-state index contributed by atoms with van der Waals surface area (Å²) in [5.74, 6) is 2.59. The summed E-state index contributed by atoms with van der Waals surface area (Å²) in [6, 6.07) is 13.9. The van der Waals surface area contributed by atoms with Crippen LogP contribution in [0.1, 0.15) is 41.3 Å². The Labute approximate surface area is 274 Å². The average Bonchev–Trinajstić information content (AvgIpc) is 3.78. The number of benzene rings is 2. The number of nitrogens with one attached hydrogen (secondary N) is 1. The molecule has 252 valence electrons. The number of hydrogen-bond donors (Lipinski definition) is 2. The molecule has 6 rings (SSSR count). The highest BCUT2D eigenvalue weighted by molar-refractivity contribution is 5.80. The van der Waals surface area contributed by atoms with Crippen molar-refractivity contribution in [2.45, 2.75) is 45.7 Å². The van der Waals surface area contributed by atoms with Gasteiger partial charge in [-0.2, -0.15) is 5.10 Å². The lowest BCUT2D eigenvalue weighted by Crippen LogP contribution is -2.39. The molecule has 0 unspecified atom stereocenters. The van der Waals surface area contributed by atoms with Crippen LogP contribution >= 0.6 is 0 Å². The second-order valence-corrected chi connectivity index (χ2v) is 11.9. The Balaban J connectivity index is 0.00000139. The smallest absolute Gasteiger partial charge is 0.290 e. The van der Waals surface area contributed by atoms with Crippen molar-refractivity contribution >= 4 is 18.3 Å². The molecule has 2 amide bonds. The fourth-order valence-electron chi connectivity index (χ4n) is 6.45. The number of aryl methyl sites for hydroxylation is 3. The van der Waals surface area contributed by atoms with E-state index in [4.69, 9.17) is 28.8 Å². The first-order chi connectivity index (χ1) is 22.8. The van der Waals surface area contributed by atoms with E-state index in [2.05, 4.69) is 21.4 Å². The molecule has 1 aromatic heterocycles. The van der Waals surface area contributed by atoms with Crippen molar-refractivity contribution < 1.29 is 38.4 Å². The molecule has 1 saturated heterocycles. The number of methoxy groups -OCH3 is 1. The maximum absolute atomic E-state index is 13.6. The zero-order valence-corrected chi connectivity index (χ0v) is 27.1. The predicted molar refractivity (Wildman–Crippen MR) is 172 cm³/mol. The van der Waals surface area contributed by atoms with Gasteiger partial charge in [0.2, 0.25) is 18.6 Å². The molecule has 0 saturated carbocycles. The molecule has 0 radical (unpaired) electrons. The lowest BCUT2D eigenvalue weighted by Gasteiger charge is -2.25. The number of carboxylic acid groups (broad SMARTS) is 1. The van der Waals surface area contributed by atoms with Gasteiger partial charge < -0.3 is 34.3 Å². The van der Waals surface area contributed by atoms with Crippen molar-refractivity contribution in [3.8, 4) is 23.0 Å². The summed E-state index contributed by atoms with van der Waals surface area (Å²) in [6.45, 7) is 8.32. The van der Waals surface area contributed by atoms with Crippen LogP contribution in [0.5, 0.6) is 23.0 Å². The third-order valence-corrected chi connectivity index (χ3v) is 8.71. The molecule has 2 N–H and O–H groups in total. The van der Waals surface area contributed by atoms with Crippen LogP contribution in [0, 0.1) is 19.8 Å². The summed E-state index contributed by atoms with van der Waals surface area (Å²) < 4.78 is 24.8. The number of amides is 2. The van der Waals surface area contributed by atoms with Gasteiger partial charge in [-0.3, -0.25) is 24.0 Å². The Hall–Kier alpha value is -4.78. The number of carbonyl (C=O) groups excluding carboxylic acids is 2. The van der Waals surface area contributed by atoms with Crippen molar-refractivity contribution in [1.82, 2.24) is 24.9 Å². The molecule has 13 heteroatoms. The molecular weight excluding hydrogens is 606 g/mol. The number of ether oxygens (including phenoxy) is 4. The third kappa shape index (κ3) is 8.33. The predicted octanol–water partition coefficient (Wildman–Crippen LogP) is 2.97. The Bertz CT molecular complexity index is 1560. The standard InChI is InChI=1S/C33H41N5O6.CH2O2/c1-22-15-23(2)38(35-22)12-9-32(39)37-11-4-10-34-33(40)27-20-36(18-24-5-7-29-30(16-24)44-21-43-29)19-26(27)25-6-8-28(41-3)31(17-25)42-14-13-37;2-1-3/h5-8,15-17,26-27H,4,9-14,18-21H2,1-3H3,(H,34,40);1H,(H,2,3)/t26-,27+;/m1./s1. The van der Waals surface area contributed by atoms with Crippen molar-refractivity contribution in [2.75, 3.05) is 53.2 Å². The minimum absolute atomic E-state index is 0.00678. The Morgan fingerprint density at radius 3 is 2.60 bits per heavy atom. The highest BCUT2D eigenvalue weighted by atomic mass is 16.7. The molecule has 0 aliphatic carbocycles. The van der Waals surface area contributed by atoms with E-state index in [-0.39, 0.29) is 36.9 Å². The largest absolute Gasteiger partial charge is 0.493 e. The van der Waals surface area contributed by atoms with E-state index in [0.29, 0.717) is 70.2 Å². The van der Waals surface area contributed by atoms with Gasteiger partial charge in [-0.05, 0) is 61.7 Å². The van der Waals surface area contributed by atoms with Crippen molar-refractivity contribution in [1.29, 1.82) is 0 Å². The second kappa shape index (κ2) is 15.7. The fraction of sp³-hybridized carbons (Fsp3) is 0.471. The molecule has 47 heavy (non-hydrogen) atoms. The van der Waals surface area contributed by atoms with Crippen LogP contribution in [0.4, 0.5) is 0 Å². The Kier molecular flexibility index (Phi) is 11.2. The van der Waals surface area contributed by atoms with E-state index < -0.39 is 0 Å². The molecule has 3 aliphatic heterocycles. The monoisotopic (exact) mass is 649 g/mol.